The van der Waals surface area contributed by atoms with Gasteiger partial charge in [-0.3, -0.25) is 9.59 Å². The summed E-state index contributed by atoms with van der Waals surface area (Å²) in [4.78, 5) is 27.3. The summed E-state index contributed by atoms with van der Waals surface area (Å²) in [6.07, 6.45) is 3.38. The van der Waals surface area contributed by atoms with E-state index in [0.717, 1.165) is 43.6 Å². The molecule has 2 aromatic carbocycles. The Bertz CT molecular complexity index is 875. The van der Waals surface area contributed by atoms with Crippen LogP contribution in [0.25, 0.3) is 0 Å². The van der Waals surface area contributed by atoms with Crippen molar-refractivity contribution in [3.63, 3.8) is 0 Å². The van der Waals surface area contributed by atoms with Gasteiger partial charge in [0, 0.05) is 37.4 Å². The summed E-state index contributed by atoms with van der Waals surface area (Å²) in [7, 11) is 0. The van der Waals surface area contributed by atoms with Gasteiger partial charge in [0.05, 0.1) is 5.56 Å². The second kappa shape index (κ2) is 10.2. The SMILES string of the molecule is CCCC(=O)Nc1ccc(N2CCC(C)CC2)c(C(=O)NCc2ccc(F)cc2)c1. The molecule has 160 valence electrons. The third kappa shape index (κ3) is 5.81. The van der Waals surface area contributed by atoms with Gasteiger partial charge in [-0.1, -0.05) is 26.0 Å². The number of nitrogens with zero attached hydrogens (tertiary/aromatic N) is 1. The Morgan fingerprint density at radius 3 is 2.47 bits per heavy atom. The molecule has 30 heavy (non-hydrogen) atoms. The zero-order chi connectivity index (χ0) is 21.5. The highest BCUT2D eigenvalue weighted by Crippen LogP contribution is 2.29. The van der Waals surface area contributed by atoms with E-state index >= 15 is 0 Å². The molecule has 6 heteroatoms. The number of carbonyl (C=O) groups excluding carboxylic acids is 2. The number of rotatable bonds is 7. The van der Waals surface area contributed by atoms with Crippen LogP contribution in [0, 0.1) is 11.7 Å². The molecule has 1 aliphatic heterocycles. The molecule has 1 heterocycles. The second-order valence-electron chi connectivity index (χ2n) is 8.01. The molecule has 0 saturated carbocycles. The van der Waals surface area contributed by atoms with Gasteiger partial charge in [0.2, 0.25) is 5.91 Å². The molecular weight excluding hydrogens is 381 g/mol. The average molecular weight is 412 g/mol. The number of benzene rings is 2. The maximum Gasteiger partial charge on any atom is 0.253 e. The molecule has 1 saturated heterocycles. The van der Waals surface area contributed by atoms with Crippen molar-refractivity contribution in [2.24, 2.45) is 5.92 Å². The van der Waals surface area contributed by atoms with E-state index in [-0.39, 0.29) is 17.6 Å². The number of carbonyl (C=O) groups is 2. The lowest BCUT2D eigenvalue weighted by atomic mass is 9.97. The molecule has 0 aromatic heterocycles. The fourth-order valence-electron chi connectivity index (χ4n) is 3.65. The highest BCUT2D eigenvalue weighted by Gasteiger charge is 2.22. The van der Waals surface area contributed by atoms with Gasteiger partial charge in [-0.2, -0.15) is 0 Å². The minimum atomic E-state index is -0.304. The van der Waals surface area contributed by atoms with Crippen molar-refractivity contribution in [1.29, 1.82) is 0 Å². The molecule has 0 radical (unpaired) electrons. The Morgan fingerprint density at radius 1 is 1.10 bits per heavy atom. The highest BCUT2D eigenvalue weighted by molar-refractivity contribution is 6.02. The predicted octanol–water partition coefficient (Wildman–Crippen LogP) is 4.73. The molecule has 2 aromatic rings. The van der Waals surface area contributed by atoms with Crippen LogP contribution >= 0.6 is 0 Å². The normalized spacial score (nSPS) is 14.4. The molecule has 0 unspecified atom stereocenters. The Hall–Kier alpha value is -2.89. The molecule has 3 rings (SSSR count). The highest BCUT2D eigenvalue weighted by atomic mass is 19.1. The fourth-order valence-corrected chi connectivity index (χ4v) is 3.65. The molecule has 1 aliphatic rings. The predicted molar refractivity (Wildman–Crippen MR) is 118 cm³/mol. The van der Waals surface area contributed by atoms with Crippen LogP contribution in [0.5, 0.6) is 0 Å². The molecule has 2 N–H and O–H groups in total. The zero-order valence-electron chi connectivity index (χ0n) is 17.7. The third-order valence-corrected chi connectivity index (χ3v) is 5.49. The molecule has 0 bridgehead atoms. The lowest BCUT2D eigenvalue weighted by molar-refractivity contribution is -0.116. The van der Waals surface area contributed by atoms with Crippen molar-refractivity contribution >= 4 is 23.2 Å². The minimum Gasteiger partial charge on any atom is -0.371 e. The lowest BCUT2D eigenvalue weighted by Crippen LogP contribution is -2.35. The summed E-state index contributed by atoms with van der Waals surface area (Å²) in [5.74, 6) is 0.112. The number of piperidine rings is 1. The van der Waals surface area contributed by atoms with Crippen LogP contribution < -0.4 is 15.5 Å². The van der Waals surface area contributed by atoms with Crippen molar-refractivity contribution in [2.75, 3.05) is 23.3 Å². The first-order valence-corrected chi connectivity index (χ1v) is 10.7. The third-order valence-electron chi connectivity index (χ3n) is 5.49. The smallest absolute Gasteiger partial charge is 0.253 e. The second-order valence-corrected chi connectivity index (χ2v) is 8.01. The summed E-state index contributed by atoms with van der Waals surface area (Å²) < 4.78 is 13.1. The van der Waals surface area contributed by atoms with Gasteiger partial charge < -0.3 is 15.5 Å². The van der Waals surface area contributed by atoms with E-state index < -0.39 is 0 Å². The Labute approximate surface area is 177 Å². The van der Waals surface area contributed by atoms with Gasteiger partial charge in [0.15, 0.2) is 0 Å². The van der Waals surface area contributed by atoms with Crippen molar-refractivity contribution in [1.82, 2.24) is 5.32 Å². The van der Waals surface area contributed by atoms with Crippen LogP contribution in [-0.2, 0) is 11.3 Å². The molecule has 1 fully saturated rings. The quantitative estimate of drug-likeness (QED) is 0.692. The first kappa shape index (κ1) is 21.8. The maximum atomic E-state index is 13.1. The molecular formula is C24H30FN3O2. The van der Waals surface area contributed by atoms with E-state index in [2.05, 4.69) is 22.5 Å². The van der Waals surface area contributed by atoms with Crippen LogP contribution in [0.15, 0.2) is 42.5 Å². The molecule has 0 spiro atoms. The lowest BCUT2D eigenvalue weighted by Gasteiger charge is -2.33. The van der Waals surface area contributed by atoms with Gasteiger partial charge in [0.25, 0.3) is 5.91 Å². The minimum absolute atomic E-state index is 0.0604. The topological polar surface area (TPSA) is 61.4 Å². The maximum absolute atomic E-state index is 13.1. The number of nitrogens with one attached hydrogen (secondary N) is 2. The average Bonchev–Trinajstić information content (AvgIpc) is 2.74. The first-order valence-electron chi connectivity index (χ1n) is 10.7. The monoisotopic (exact) mass is 411 g/mol. The van der Waals surface area contributed by atoms with Gasteiger partial charge >= 0.3 is 0 Å². The fraction of sp³-hybridized carbons (Fsp3) is 0.417. The van der Waals surface area contributed by atoms with Crippen LogP contribution in [0.1, 0.15) is 55.5 Å². The van der Waals surface area contributed by atoms with Crippen LogP contribution in [-0.4, -0.2) is 24.9 Å². The van der Waals surface area contributed by atoms with Crippen molar-refractivity contribution < 1.29 is 14.0 Å². The summed E-state index contributed by atoms with van der Waals surface area (Å²) in [5, 5.41) is 5.80. The number of halogens is 1. The van der Waals surface area contributed by atoms with E-state index in [1.165, 1.54) is 12.1 Å². The molecule has 2 amide bonds. The summed E-state index contributed by atoms with van der Waals surface area (Å²) in [6, 6.07) is 11.6. The standard InChI is InChI=1S/C24H30FN3O2/c1-3-4-23(29)27-20-9-10-22(28-13-11-17(2)12-14-28)21(15-20)24(30)26-16-18-5-7-19(25)8-6-18/h5-10,15,17H,3-4,11-14,16H2,1-2H3,(H,26,30)(H,27,29). The summed E-state index contributed by atoms with van der Waals surface area (Å²) >= 11 is 0. The number of amides is 2. The van der Waals surface area contributed by atoms with E-state index in [0.29, 0.717) is 30.1 Å². The summed E-state index contributed by atoms with van der Waals surface area (Å²) in [5.41, 5.74) is 2.87. The van der Waals surface area contributed by atoms with Crippen molar-refractivity contribution in [3.05, 3.63) is 59.4 Å². The Kier molecular flexibility index (Phi) is 7.44. The molecule has 0 atom stereocenters. The van der Waals surface area contributed by atoms with E-state index in [1.807, 2.05) is 19.1 Å². The zero-order valence-corrected chi connectivity index (χ0v) is 17.7. The largest absolute Gasteiger partial charge is 0.371 e. The Morgan fingerprint density at radius 2 is 1.80 bits per heavy atom. The first-order chi connectivity index (χ1) is 14.5. The van der Waals surface area contributed by atoms with Gasteiger partial charge in [-0.05, 0) is 61.1 Å². The van der Waals surface area contributed by atoms with Gasteiger partial charge in [-0.25, -0.2) is 4.39 Å². The summed E-state index contributed by atoms with van der Waals surface area (Å²) in [6.45, 7) is 6.32. The number of anilines is 2. The molecule has 0 aliphatic carbocycles. The van der Waals surface area contributed by atoms with Crippen LogP contribution in [0.2, 0.25) is 0 Å². The van der Waals surface area contributed by atoms with Crippen molar-refractivity contribution in [3.8, 4) is 0 Å². The molecule has 5 nitrogen and oxygen atoms in total. The van der Waals surface area contributed by atoms with Crippen LogP contribution in [0.3, 0.4) is 0 Å². The Balaban J connectivity index is 1.80. The van der Waals surface area contributed by atoms with E-state index in [1.54, 1.807) is 18.2 Å². The van der Waals surface area contributed by atoms with Gasteiger partial charge in [-0.15, -0.1) is 0 Å². The number of hydrogen-bond donors (Lipinski definition) is 2. The van der Waals surface area contributed by atoms with Crippen molar-refractivity contribution in [2.45, 2.75) is 46.1 Å². The number of hydrogen-bond acceptors (Lipinski definition) is 3. The van der Waals surface area contributed by atoms with E-state index in [4.69, 9.17) is 0 Å². The van der Waals surface area contributed by atoms with Crippen LogP contribution in [0.4, 0.5) is 15.8 Å². The van der Waals surface area contributed by atoms with Gasteiger partial charge in [0.1, 0.15) is 5.82 Å². The van der Waals surface area contributed by atoms with E-state index in [9.17, 15) is 14.0 Å².